The van der Waals surface area contributed by atoms with E-state index >= 15 is 0 Å². The Hall–Kier alpha value is -3.78. The van der Waals surface area contributed by atoms with Crippen LogP contribution >= 0.6 is 11.3 Å². The summed E-state index contributed by atoms with van der Waals surface area (Å²) in [4.78, 5) is 21.2. The van der Waals surface area contributed by atoms with Gasteiger partial charge in [0.1, 0.15) is 5.56 Å². The summed E-state index contributed by atoms with van der Waals surface area (Å²) < 4.78 is 41.5. The first-order valence-corrected chi connectivity index (χ1v) is 9.31. The predicted octanol–water partition coefficient (Wildman–Crippen LogP) is 3.92. The van der Waals surface area contributed by atoms with Crippen molar-refractivity contribution >= 4 is 28.0 Å². The summed E-state index contributed by atoms with van der Waals surface area (Å²) in [7, 11) is 0. The first-order chi connectivity index (χ1) is 14.3. The van der Waals surface area contributed by atoms with Crippen LogP contribution in [0.2, 0.25) is 0 Å². The molecule has 0 fully saturated rings. The lowest BCUT2D eigenvalue weighted by molar-refractivity contribution is -0.138. The third-order valence-electron chi connectivity index (χ3n) is 4.21. The monoisotopic (exact) mass is 428 g/mol. The quantitative estimate of drug-likeness (QED) is 0.532. The summed E-state index contributed by atoms with van der Waals surface area (Å²) in [6.45, 7) is 0. The number of halogens is 3. The number of anilines is 1. The average Bonchev–Trinajstić information content (AvgIpc) is 3.34. The minimum absolute atomic E-state index is 0.0230. The Morgan fingerprint density at radius 3 is 2.87 bits per heavy atom. The number of hydrogen-bond acceptors (Lipinski definition) is 6. The predicted molar refractivity (Wildman–Crippen MR) is 102 cm³/mol. The van der Waals surface area contributed by atoms with Crippen molar-refractivity contribution in [1.82, 2.24) is 19.6 Å². The summed E-state index contributed by atoms with van der Waals surface area (Å²) in [5, 5.41) is 15.8. The number of carbonyl (C=O) groups excluding carboxylic acids is 1. The fraction of sp³-hybridized carbons (Fsp3) is 0.105. The number of amides is 1. The molecule has 4 rings (SSSR count). The van der Waals surface area contributed by atoms with Crippen LogP contribution < -0.4 is 5.32 Å². The number of aromatic nitrogens is 4. The van der Waals surface area contributed by atoms with Crippen molar-refractivity contribution in [2.75, 3.05) is 5.32 Å². The zero-order valence-corrected chi connectivity index (χ0v) is 15.8. The maximum Gasteiger partial charge on any atom is 0.416 e. The zero-order chi connectivity index (χ0) is 21.3. The van der Waals surface area contributed by atoms with Crippen LogP contribution in [-0.4, -0.2) is 25.5 Å². The summed E-state index contributed by atoms with van der Waals surface area (Å²) in [6.07, 6.45) is 1.35. The van der Waals surface area contributed by atoms with Gasteiger partial charge in [0, 0.05) is 29.9 Å². The highest BCUT2D eigenvalue weighted by molar-refractivity contribution is 7.15. The lowest BCUT2D eigenvalue weighted by Gasteiger charge is -2.12. The number of alkyl halides is 3. The van der Waals surface area contributed by atoms with Crippen LogP contribution in [0.1, 0.15) is 31.9 Å². The Balaban J connectivity index is 1.54. The Morgan fingerprint density at radius 1 is 1.27 bits per heavy atom. The second-order valence-corrected chi connectivity index (χ2v) is 7.31. The number of hydrogen-bond donors (Lipinski definition) is 1. The maximum absolute atomic E-state index is 13.3. The molecule has 0 spiro atoms. The second kappa shape index (κ2) is 7.57. The highest BCUT2D eigenvalue weighted by atomic mass is 32.1. The topological polar surface area (TPSA) is 96.0 Å². The van der Waals surface area contributed by atoms with Crippen LogP contribution in [0.5, 0.6) is 0 Å². The van der Waals surface area contributed by atoms with Gasteiger partial charge in [-0.15, -0.1) is 11.3 Å². The molecule has 1 N–H and O–H groups in total. The van der Waals surface area contributed by atoms with E-state index in [9.17, 15) is 18.0 Å². The summed E-state index contributed by atoms with van der Waals surface area (Å²) in [5.41, 5.74) is -0.281. The molecular formula is C19H11F3N6OS. The van der Waals surface area contributed by atoms with E-state index in [1.54, 1.807) is 18.3 Å². The molecule has 0 bridgehead atoms. The minimum atomic E-state index is -4.58. The van der Waals surface area contributed by atoms with Gasteiger partial charge in [-0.3, -0.25) is 10.1 Å². The molecule has 0 saturated heterocycles. The van der Waals surface area contributed by atoms with Gasteiger partial charge in [0.25, 0.3) is 5.91 Å². The van der Waals surface area contributed by atoms with Crippen LogP contribution in [0, 0.1) is 11.3 Å². The Morgan fingerprint density at radius 2 is 2.10 bits per heavy atom. The number of fused-ring (bicyclic) bond motifs is 1. The van der Waals surface area contributed by atoms with Crippen LogP contribution in [-0.2, 0) is 12.6 Å². The van der Waals surface area contributed by atoms with Gasteiger partial charge >= 0.3 is 6.18 Å². The minimum Gasteiger partial charge on any atom is -0.298 e. The zero-order valence-electron chi connectivity index (χ0n) is 15.0. The lowest BCUT2D eigenvalue weighted by Crippen LogP contribution is -2.11. The van der Waals surface area contributed by atoms with Crippen LogP contribution in [0.25, 0.3) is 5.65 Å². The molecule has 0 saturated carbocycles. The van der Waals surface area contributed by atoms with Crippen molar-refractivity contribution in [3.8, 4) is 6.07 Å². The number of benzene rings is 1. The Bertz CT molecular complexity index is 1290. The molecule has 11 heteroatoms. The Labute approximate surface area is 171 Å². The van der Waals surface area contributed by atoms with Gasteiger partial charge in [0.05, 0.1) is 23.4 Å². The SMILES string of the molecule is N#Cc1ccc(Cc2cnc(NC(=O)c3cnn4cccnc34)s2)c(C(F)(F)F)c1. The van der Waals surface area contributed by atoms with E-state index in [4.69, 9.17) is 5.26 Å². The van der Waals surface area contributed by atoms with Gasteiger partial charge in [-0.05, 0) is 23.8 Å². The van der Waals surface area contributed by atoms with Gasteiger partial charge in [0.2, 0.25) is 0 Å². The van der Waals surface area contributed by atoms with E-state index in [2.05, 4.69) is 20.4 Å². The smallest absolute Gasteiger partial charge is 0.298 e. The molecule has 1 aromatic carbocycles. The highest BCUT2D eigenvalue weighted by Gasteiger charge is 2.33. The number of thiazole rings is 1. The molecule has 3 heterocycles. The normalized spacial score (nSPS) is 11.4. The summed E-state index contributed by atoms with van der Waals surface area (Å²) in [6, 6.07) is 6.84. The van der Waals surface area contributed by atoms with Crippen molar-refractivity contribution in [2.45, 2.75) is 12.6 Å². The third-order valence-corrected chi connectivity index (χ3v) is 5.12. The largest absolute Gasteiger partial charge is 0.416 e. The molecule has 7 nitrogen and oxygen atoms in total. The number of nitrogens with zero attached hydrogens (tertiary/aromatic N) is 5. The molecule has 0 atom stereocenters. The molecule has 150 valence electrons. The van der Waals surface area contributed by atoms with Gasteiger partial charge < -0.3 is 0 Å². The average molecular weight is 428 g/mol. The molecule has 1 amide bonds. The van der Waals surface area contributed by atoms with E-state index in [1.165, 1.54) is 35.2 Å². The first kappa shape index (κ1) is 19.5. The van der Waals surface area contributed by atoms with E-state index in [1.807, 2.05) is 0 Å². The lowest BCUT2D eigenvalue weighted by atomic mass is 10.0. The highest BCUT2D eigenvalue weighted by Crippen LogP contribution is 2.34. The molecule has 0 aliphatic heterocycles. The fourth-order valence-electron chi connectivity index (χ4n) is 2.85. The van der Waals surface area contributed by atoms with Crippen LogP contribution in [0.4, 0.5) is 18.3 Å². The maximum atomic E-state index is 13.3. The van der Waals surface area contributed by atoms with Crippen molar-refractivity contribution < 1.29 is 18.0 Å². The molecule has 0 aliphatic carbocycles. The molecule has 30 heavy (non-hydrogen) atoms. The van der Waals surface area contributed by atoms with Crippen LogP contribution in [0.3, 0.4) is 0 Å². The van der Waals surface area contributed by atoms with E-state index < -0.39 is 17.6 Å². The second-order valence-electron chi connectivity index (χ2n) is 6.19. The fourth-order valence-corrected chi connectivity index (χ4v) is 3.68. The van der Waals surface area contributed by atoms with Crippen LogP contribution in [0.15, 0.2) is 49.1 Å². The molecule has 0 radical (unpaired) electrons. The number of nitriles is 1. The molecule has 0 unspecified atom stereocenters. The van der Waals surface area contributed by atoms with Gasteiger partial charge in [0.15, 0.2) is 10.8 Å². The van der Waals surface area contributed by atoms with Crippen molar-refractivity contribution in [1.29, 1.82) is 5.26 Å². The van der Waals surface area contributed by atoms with E-state index in [-0.39, 0.29) is 28.2 Å². The van der Waals surface area contributed by atoms with Crippen molar-refractivity contribution in [3.05, 3.63) is 76.2 Å². The third kappa shape index (κ3) is 3.85. The summed E-state index contributed by atoms with van der Waals surface area (Å²) >= 11 is 1.06. The van der Waals surface area contributed by atoms with Gasteiger partial charge in [-0.1, -0.05) is 6.07 Å². The van der Waals surface area contributed by atoms with Crippen molar-refractivity contribution in [3.63, 3.8) is 0 Å². The molecule has 4 aromatic rings. The molecular weight excluding hydrogens is 417 g/mol. The first-order valence-electron chi connectivity index (χ1n) is 8.50. The number of carbonyl (C=O) groups is 1. The van der Waals surface area contributed by atoms with E-state index in [0.29, 0.717) is 10.5 Å². The van der Waals surface area contributed by atoms with Gasteiger partial charge in [-0.2, -0.15) is 23.5 Å². The number of nitrogens with one attached hydrogen (secondary N) is 1. The Kier molecular flexibility index (Phi) is 4.93. The molecule has 0 aliphatic rings. The van der Waals surface area contributed by atoms with Crippen molar-refractivity contribution in [2.24, 2.45) is 0 Å². The molecule has 3 aromatic heterocycles. The summed E-state index contributed by atoms with van der Waals surface area (Å²) in [5.74, 6) is -0.473. The standard InChI is InChI=1S/C19H11F3N6OS/c20-19(21,22)15-6-11(8-23)2-3-12(15)7-13-9-25-18(30-13)27-17(29)14-10-26-28-5-1-4-24-16(14)28/h1-6,9-10H,7H2,(H,25,27,29). The van der Waals surface area contributed by atoms with E-state index in [0.717, 1.165) is 17.4 Å². The number of rotatable bonds is 4. The van der Waals surface area contributed by atoms with Gasteiger partial charge in [-0.25, -0.2) is 14.5 Å².